The zero-order valence-electron chi connectivity index (χ0n) is 14.8. The molecular formula is C18H24N6O. The van der Waals surface area contributed by atoms with Gasteiger partial charge in [-0.1, -0.05) is 0 Å². The minimum Gasteiger partial charge on any atom is -0.356 e. The van der Waals surface area contributed by atoms with Gasteiger partial charge in [-0.15, -0.1) is 0 Å². The number of rotatable bonds is 4. The van der Waals surface area contributed by atoms with Crippen molar-refractivity contribution < 1.29 is 4.79 Å². The Balaban J connectivity index is 1.68. The van der Waals surface area contributed by atoms with E-state index in [0.717, 1.165) is 49.4 Å². The quantitative estimate of drug-likeness (QED) is 0.847. The van der Waals surface area contributed by atoms with Crippen LogP contribution in [0.15, 0.2) is 31.1 Å². The maximum absolute atomic E-state index is 12.2. The van der Waals surface area contributed by atoms with Gasteiger partial charge in [-0.3, -0.25) is 4.79 Å². The summed E-state index contributed by atoms with van der Waals surface area (Å²) in [6.45, 7) is 6.02. The van der Waals surface area contributed by atoms with Crippen LogP contribution in [0.3, 0.4) is 0 Å². The number of anilines is 1. The molecule has 2 aromatic rings. The van der Waals surface area contributed by atoms with Crippen molar-refractivity contribution in [1.82, 2.24) is 24.8 Å². The maximum atomic E-state index is 12.2. The number of carbonyl (C=O) groups is 1. The average Bonchev–Trinajstić information content (AvgIpc) is 2.86. The van der Waals surface area contributed by atoms with Gasteiger partial charge in [0, 0.05) is 62.3 Å². The van der Waals surface area contributed by atoms with Crippen LogP contribution in [0.2, 0.25) is 0 Å². The molecule has 7 heteroatoms. The van der Waals surface area contributed by atoms with Crippen molar-refractivity contribution in [1.29, 1.82) is 0 Å². The van der Waals surface area contributed by atoms with Crippen molar-refractivity contribution in [2.75, 3.05) is 18.0 Å². The lowest BCUT2D eigenvalue weighted by Crippen LogP contribution is -2.39. The molecular weight excluding hydrogens is 316 g/mol. The van der Waals surface area contributed by atoms with Gasteiger partial charge in [0.05, 0.1) is 0 Å². The number of nitrogens with zero attached hydrogens (tertiary/aromatic N) is 6. The Morgan fingerprint density at radius 2 is 2.00 bits per heavy atom. The highest BCUT2D eigenvalue weighted by molar-refractivity contribution is 5.73. The molecule has 1 saturated heterocycles. The van der Waals surface area contributed by atoms with Crippen molar-refractivity contribution in [3.63, 3.8) is 0 Å². The zero-order valence-corrected chi connectivity index (χ0v) is 14.8. The van der Waals surface area contributed by atoms with Gasteiger partial charge < -0.3 is 9.80 Å². The standard InChI is InChI=1S/C18H24N6O/c1-14-8-18(22-13-21-14)23-6-3-4-17(5-7-23)24(15(2)25)11-16-9-19-12-20-10-16/h8-10,12-13,17H,3-7,11H2,1-2H3/t17-/m1/s1. The molecule has 0 N–H and O–H groups in total. The van der Waals surface area contributed by atoms with E-state index in [1.165, 1.54) is 6.33 Å². The number of hydrogen-bond donors (Lipinski definition) is 0. The van der Waals surface area contributed by atoms with Crippen molar-refractivity contribution in [2.45, 2.75) is 45.7 Å². The SMILES string of the molecule is CC(=O)N(Cc1cncnc1)[C@@H]1CCCN(c2cc(C)ncn2)CC1. The highest BCUT2D eigenvalue weighted by Gasteiger charge is 2.25. The summed E-state index contributed by atoms with van der Waals surface area (Å²) in [6.07, 6.45) is 9.62. The van der Waals surface area contributed by atoms with E-state index in [1.807, 2.05) is 17.9 Å². The third-order valence-electron chi connectivity index (χ3n) is 4.62. The van der Waals surface area contributed by atoms with Gasteiger partial charge in [0.25, 0.3) is 0 Å². The van der Waals surface area contributed by atoms with E-state index in [4.69, 9.17) is 0 Å². The minimum absolute atomic E-state index is 0.0974. The Morgan fingerprint density at radius 3 is 2.72 bits per heavy atom. The Labute approximate surface area is 148 Å². The molecule has 1 aliphatic rings. The third kappa shape index (κ3) is 4.49. The Hall–Kier alpha value is -2.57. The van der Waals surface area contributed by atoms with Gasteiger partial charge in [0.15, 0.2) is 0 Å². The molecule has 1 amide bonds. The van der Waals surface area contributed by atoms with Crippen molar-refractivity contribution in [3.8, 4) is 0 Å². The summed E-state index contributed by atoms with van der Waals surface area (Å²) in [5.41, 5.74) is 1.94. The molecule has 7 nitrogen and oxygen atoms in total. The van der Waals surface area contributed by atoms with E-state index in [0.29, 0.717) is 6.54 Å². The molecule has 3 rings (SSSR count). The number of carbonyl (C=O) groups excluding carboxylic acids is 1. The van der Waals surface area contributed by atoms with E-state index >= 15 is 0 Å². The van der Waals surface area contributed by atoms with Gasteiger partial charge in [-0.05, 0) is 26.2 Å². The van der Waals surface area contributed by atoms with Crippen LogP contribution in [0, 0.1) is 6.92 Å². The van der Waals surface area contributed by atoms with Crippen LogP contribution >= 0.6 is 0 Å². The summed E-state index contributed by atoms with van der Waals surface area (Å²) in [4.78, 5) is 33.1. The average molecular weight is 340 g/mol. The summed E-state index contributed by atoms with van der Waals surface area (Å²) in [7, 11) is 0. The van der Waals surface area contributed by atoms with Crippen LogP contribution in [-0.4, -0.2) is 49.9 Å². The molecule has 0 aliphatic carbocycles. The molecule has 132 valence electrons. The highest BCUT2D eigenvalue weighted by Crippen LogP contribution is 2.22. The lowest BCUT2D eigenvalue weighted by atomic mass is 10.1. The monoisotopic (exact) mass is 340 g/mol. The van der Waals surface area contributed by atoms with Gasteiger partial charge in [-0.2, -0.15) is 0 Å². The second-order valence-electron chi connectivity index (χ2n) is 6.48. The second kappa shape index (κ2) is 8.00. The molecule has 0 saturated carbocycles. The lowest BCUT2D eigenvalue weighted by Gasteiger charge is -2.30. The van der Waals surface area contributed by atoms with Gasteiger partial charge in [0.1, 0.15) is 18.5 Å². The number of hydrogen-bond acceptors (Lipinski definition) is 6. The smallest absolute Gasteiger partial charge is 0.219 e. The van der Waals surface area contributed by atoms with E-state index < -0.39 is 0 Å². The first-order valence-corrected chi connectivity index (χ1v) is 8.68. The summed E-state index contributed by atoms with van der Waals surface area (Å²) in [5.74, 6) is 1.07. The Morgan fingerprint density at radius 1 is 1.20 bits per heavy atom. The first kappa shape index (κ1) is 17.3. The minimum atomic E-state index is 0.0974. The van der Waals surface area contributed by atoms with Crippen LogP contribution in [0.1, 0.15) is 37.4 Å². The van der Waals surface area contributed by atoms with E-state index in [-0.39, 0.29) is 11.9 Å². The zero-order chi connectivity index (χ0) is 17.6. The van der Waals surface area contributed by atoms with Crippen LogP contribution in [0.25, 0.3) is 0 Å². The first-order chi connectivity index (χ1) is 12.1. The predicted molar refractivity (Wildman–Crippen MR) is 94.9 cm³/mol. The lowest BCUT2D eigenvalue weighted by molar-refractivity contribution is -0.132. The molecule has 1 atom stereocenters. The fourth-order valence-corrected chi connectivity index (χ4v) is 3.34. The first-order valence-electron chi connectivity index (χ1n) is 8.68. The molecule has 0 aromatic carbocycles. The van der Waals surface area contributed by atoms with Crippen LogP contribution in [0.5, 0.6) is 0 Å². The van der Waals surface area contributed by atoms with Gasteiger partial charge >= 0.3 is 0 Å². The number of aryl methyl sites for hydroxylation is 1. The van der Waals surface area contributed by atoms with Gasteiger partial charge in [-0.25, -0.2) is 19.9 Å². The third-order valence-corrected chi connectivity index (χ3v) is 4.62. The van der Waals surface area contributed by atoms with Crippen molar-refractivity contribution in [3.05, 3.63) is 42.4 Å². The van der Waals surface area contributed by atoms with Crippen LogP contribution in [0.4, 0.5) is 5.82 Å². The molecule has 1 aliphatic heterocycles. The summed E-state index contributed by atoms with van der Waals surface area (Å²) in [5, 5.41) is 0. The molecule has 2 aromatic heterocycles. The van der Waals surface area contributed by atoms with Crippen LogP contribution in [-0.2, 0) is 11.3 Å². The number of aromatic nitrogens is 4. The summed E-state index contributed by atoms with van der Waals surface area (Å²) >= 11 is 0. The highest BCUT2D eigenvalue weighted by atomic mass is 16.2. The normalized spacial score (nSPS) is 17.8. The Kier molecular flexibility index (Phi) is 5.53. The molecule has 0 bridgehead atoms. The number of amides is 1. The van der Waals surface area contributed by atoms with Crippen molar-refractivity contribution in [2.24, 2.45) is 0 Å². The molecule has 3 heterocycles. The molecule has 0 radical (unpaired) electrons. The van der Waals surface area contributed by atoms with Gasteiger partial charge in [0.2, 0.25) is 5.91 Å². The van der Waals surface area contributed by atoms with E-state index in [1.54, 1.807) is 25.6 Å². The summed E-state index contributed by atoms with van der Waals surface area (Å²) < 4.78 is 0. The van der Waals surface area contributed by atoms with E-state index in [9.17, 15) is 4.79 Å². The largest absolute Gasteiger partial charge is 0.356 e. The van der Waals surface area contributed by atoms with Crippen LogP contribution < -0.4 is 4.90 Å². The topological polar surface area (TPSA) is 75.1 Å². The fourth-order valence-electron chi connectivity index (χ4n) is 3.34. The fraction of sp³-hybridized carbons (Fsp3) is 0.500. The second-order valence-corrected chi connectivity index (χ2v) is 6.48. The molecule has 0 spiro atoms. The molecule has 25 heavy (non-hydrogen) atoms. The van der Waals surface area contributed by atoms with E-state index in [2.05, 4.69) is 24.8 Å². The molecule has 1 fully saturated rings. The predicted octanol–water partition coefficient (Wildman–Crippen LogP) is 1.98. The Bertz CT molecular complexity index is 708. The van der Waals surface area contributed by atoms with Crippen molar-refractivity contribution >= 4 is 11.7 Å². The summed E-state index contributed by atoms with van der Waals surface area (Å²) in [6, 6.07) is 2.25. The molecule has 0 unspecified atom stereocenters. The maximum Gasteiger partial charge on any atom is 0.219 e.